The first-order valence-corrected chi connectivity index (χ1v) is 6.69. The number of oxazole rings is 1. The summed E-state index contributed by atoms with van der Waals surface area (Å²) in [6.07, 6.45) is 5.19. The molecule has 0 aliphatic rings. The van der Waals surface area contributed by atoms with E-state index in [0.29, 0.717) is 10.9 Å². The van der Waals surface area contributed by atoms with Crippen molar-refractivity contribution in [3.63, 3.8) is 0 Å². The van der Waals surface area contributed by atoms with E-state index >= 15 is 0 Å². The maximum atomic E-state index is 5.95. The Balaban J connectivity index is 2.05. The number of rotatable bonds is 3. The quantitative estimate of drug-likeness (QED) is 0.679. The molecule has 3 aromatic rings. The molecule has 0 aliphatic heterocycles. The highest BCUT2D eigenvalue weighted by Crippen LogP contribution is 2.25. The van der Waals surface area contributed by atoms with Gasteiger partial charge in [-0.1, -0.05) is 18.5 Å². The fourth-order valence-corrected chi connectivity index (χ4v) is 2.24. The molecule has 96 valence electrons. The van der Waals surface area contributed by atoms with Crippen LogP contribution in [0.1, 0.15) is 13.3 Å². The van der Waals surface area contributed by atoms with Gasteiger partial charge >= 0.3 is 0 Å². The first-order valence-electron chi connectivity index (χ1n) is 6.32. The number of hydrogen-bond acceptors (Lipinski definition) is 2. The van der Waals surface area contributed by atoms with Crippen molar-refractivity contribution in [2.45, 2.75) is 19.9 Å². The topological polar surface area (TPSA) is 29.9 Å². The fraction of sp³-hybridized carbons (Fsp3) is 0.200. The van der Waals surface area contributed by atoms with Crippen molar-refractivity contribution in [3.8, 4) is 11.5 Å². The monoisotopic (exact) mass is 273 g/mol. The minimum Gasteiger partial charge on any atom is -0.436 e. The number of benzene rings is 1. The summed E-state index contributed by atoms with van der Waals surface area (Å²) in [4.78, 5) is 4.48. The van der Waals surface area contributed by atoms with Gasteiger partial charge in [0.15, 0.2) is 18.0 Å². The predicted octanol–water partition coefficient (Wildman–Crippen LogP) is 3.85. The fourth-order valence-electron chi connectivity index (χ4n) is 2.07. The minimum atomic E-state index is 0.628. The summed E-state index contributed by atoms with van der Waals surface area (Å²) < 4.78 is 7.90. The number of nitrogens with zero attached hydrogens (tertiary/aromatic N) is 2. The van der Waals surface area contributed by atoms with Crippen molar-refractivity contribution in [2.24, 2.45) is 0 Å². The molecule has 0 bridgehead atoms. The van der Waals surface area contributed by atoms with Gasteiger partial charge in [-0.25, -0.2) is 9.55 Å². The lowest BCUT2D eigenvalue weighted by atomic mass is 10.3. The second-order valence-electron chi connectivity index (χ2n) is 4.46. The van der Waals surface area contributed by atoms with Crippen LogP contribution in [0.5, 0.6) is 0 Å². The molecule has 0 saturated heterocycles. The molecule has 0 fully saturated rings. The highest BCUT2D eigenvalue weighted by atomic mass is 35.5. The highest BCUT2D eigenvalue weighted by Gasteiger charge is 2.11. The second-order valence-corrected chi connectivity index (χ2v) is 4.90. The van der Waals surface area contributed by atoms with Crippen molar-refractivity contribution in [2.75, 3.05) is 0 Å². The van der Waals surface area contributed by atoms with Crippen LogP contribution < -0.4 is 4.57 Å². The molecule has 0 saturated carbocycles. The Bertz CT molecular complexity index is 721. The standard InChI is InChI=1S/C15H14ClN2O/c1-2-7-18-8-3-4-11(10-18)15-17-13-9-12(16)5-6-14(13)19-15/h3-6,8-10H,2,7H2,1H3/q+1. The zero-order chi connectivity index (χ0) is 13.2. The third-order valence-corrected chi connectivity index (χ3v) is 3.17. The van der Waals surface area contributed by atoms with Crippen LogP contribution in [0.4, 0.5) is 0 Å². The smallest absolute Gasteiger partial charge is 0.233 e. The van der Waals surface area contributed by atoms with Crippen LogP contribution in [0, 0.1) is 0 Å². The summed E-state index contributed by atoms with van der Waals surface area (Å²) in [5, 5.41) is 0.668. The van der Waals surface area contributed by atoms with Gasteiger partial charge in [0.05, 0.1) is 0 Å². The molecule has 3 nitrogen and oxygen atoms in total. The Morgan fingerprint density at radius 2 is 2.21 bits per heavy atom. The van der Waals surface area contributed by atoms with Gasteiger partial charge in [0.25, 0.3) is 0 Å². The summed E-state index contributed by atoms with van der Waals surface area (Å²) in [5.41, 5.74) is 2.52. The summed E-state index contributed by atoms with van der Waals surface area (Å²) >= 11 is 5.95. The number of halogens is 1. The first-order chi connectivity index (χ1) is 9.26. The number of fused-ring (bicyclic) bond motifs is 1. The molecular formula is C15H14ClN2O+. The van der Waals surface area contributed by atoms with Crippen LogP contribution >= 0.6 is 11.6 Å². The summed E-state index contributed by atoms with van der Waals surface area (Å²) in [6.45, 7) is 3.14. The van der Waals surface area contributed by atoms with E-state index in [1.165, 1.54) is 0 Å². The molecule has 0 unspecified atom stereocenters. The van der Waals surface area contributed by atoms with E-state index in [-0.39, 0.29) is 0 Å². The third-order valence-electron chi connectivity index (χ3n) is 2.94. The number of pyridine rings is 1. The molecule has 0 atom stereocenters. The molecule has 2 heterocycles. The Morgan fingerprint density at radius 1 is 1.32 bits per heavy atom. The zero-order valence-corrected chi connectivity index (χ0v) is 11.4. The van der Waals surface area contributed by atoms with Crippen molar-refractivity contribution in [3.05, 3.63) is 47.7 Å². The van der Waals surface area contributed by atoms with E-state index in [0.717, 1.165) is 29.6 Å². The molecule has 2 aromatic heterocycles. The molecule has 0 N–H and O–H groups in total. The predicted molar refractivity (Wildman–Crippen MR) is 74.9 cm³/mol. The van der Waals surface area contributed by atoms with Crippen LogP contribution in [0.2, 0.25) is 5.02 Å². The maximum Gasteiger partial charge on any atom is 0.233 e. The number of hydrogen-bond donors (Lipinski definition) is 0. The van der Waals surface area contributed by atoms with Crippen molar-refractivity contribution in [1.29, 1.82) is 0 Å². The van der Waals surface area contributed by atoms with Gasteiger partial charge < -0.3 is 4.42 Å². The lowest BCUT2D eigenvalue weighted by Gasteiger charge is -1.95. The van der Waals surface area contributed by atoms with E-state index in [1.54, 1.807) is 6.07 Å². The van der Waals surface area contributed by atoms with Crippen LogP contribution in [0.15, 0.2) is 47.1 Å². The molecule has 1 aromatic carbocycles. The van der Waals surface area contributed by atoms with Crippen molar-refractivity contribution in [1.82, 2.24) is 4.98 Å². The Labute approximate surface area is 116 Å². The van der Waals surface area contributed by atoms with Gasteiger partial charge in [-0.05, 0) is 24.3 Å². The Morgan fingerprint density at radius 3 is 3.05 bits per heavy atom. The van der Waals surface area contributed by atoms with Gasteiger partial charge in [-0.3, -0.25) is 0 Å². The third kappa shape index (κ3) is 2.47. The maximum absolute atomic E-state index is 5.95. The largest absolute Gasteiger partial charge is 0.436 e. The van der Waals surface area contributed by atoms with Crippen LogP contribution in [-0.2, 0) is 6.54 Å². The SMILES string of the molecule is CCC[n+]1cccc(-c2nc3cc(Cl)ccc3o2)c1. The van der Waals surface area contributed by atoms with Gasteiger partial charge in [-0.2, -0.15) is 0 Å². The lowest BCUT2D eigenvalue weighted by molar-refractivity contribution is -0.696. The number of aryl methyl sites for hydroxylation is 1. The lowest BCUT2D eigenvalue weighted by Crippen LogP contribution is -2.32. The highest BCUT2D eigenvalue weighted by molar-refractivity contribution is 6.31. The molecule has 4 heteroatoms. The second kappa shape index (κ2) is 5.02. The minimum absolute atomic E-state index is 0.628. The van der Waals surface area contributed by atoms with E-state index in [2.05, 4.69) is 22.7 Å². The van der Waals surface area contributed by atoms with Gasteiger partial charge in [0.1, 0.15) is 17.6 Å². The van der Waals surface area contributed by atoms with Gasteiger partial charge in [-0.15, -0.1) is 0 Å². The van der Waals surface area contributed by atoms with Crippen LogP contribution in [0.25, 0.3) is 22.6 Å². The summed E-state index contributed by atoms with van der Waals surface area (Å²) in [7, 11) is 0. The Kier molecular flexibility index (Phi) is 3.22. The summed E-state index contributed by atoms with van der Waals surface area (Å²) in [6, 6.07) is 9.47. The first kappa shape index (κ1) is 12.2. The van der Waals surface area contributed by atoms with E-state index in [4.69, 9.17) is 16.0 Å². The van der Waals surface area contributed by atoms with Crippen molar-refractivity contribution >= 4 is 22.7 Å². The van der Waals surface area contributed by atoms with Crippen LogP contribution in [0.3, 0.4) is 0 Å². The molecule has 0 radical (unpaired) electrons. The molecule has 0 amide bonds. The van der Waals surface area contributed by atoms with Crippen LogP contribution in [-0.4, -0.2) is 4.98 Å². The van der Waals surface area contributed by atoms with Gasteiger partial charge in [0, 0.05) is 17.5 Å². The van der Waals surface area contributed by atoms with E-state index in [9.17, 15) is 0 Å². The molecular weight excluding hydrogens is 260 g/mol. The average molecular weight is 274 g/mol. The van der Waals surface area contributed by atoms with Gasteiger partial charge in [0.2, 0.25) is 5.89 Å². The van der Waals surface area contributed by atoms with Crippen molar-refractivity contribution < 1.29 is 8.98 Å². The average Bonchev–Trinajstić information content (AvgIpc) is 2.82. The zero-order valence-electron chi connectivity index (χ0n) is 10.6. The van der Waals surface area contributed by atoms with E-state index < -0.39 is 0 Å². The molecule has 19 heavy (non-hydrogen) atoms. The normalized spacial score (nSPS) is 11.1. The molecule has 3 rings (SSSR count). The Hall–Kier alpha value is -1.87. The van der Waals surface area contributed by atoms with E-state index in [1.807, 2.05) is 30.5 Å². The molecule has 0 spiro atoms. The number of aromatic nitrogens is 2. The summed E-state index contributed by atoms with van der Waals surface area (Å²) in [5.74, 6) is 0.628. The molecule has 0 aliphatic carbocycles.